The zero-order chi connectivity index (χ0) is 20.2. The van der Waals surface area contributed by atoms with Crippen molar-refractivity contribution in [1.29, 1.82) is 0 Å². The summed E-state index contributed by atoms with van der Waals surface area (Å²) in [6.07, 6.45) is 3.60. The Kier molecular flexibility index (Phi) is 11.5. The molecule has 3 rings (SSSR count). The van der Waals surface area contributed by atoms with Crippen LogP contribution in [0.1, 0.15) is 53.1 Å². The molecule has 148 valence electrons. The first-order valence-corrected chi connectivity index (χ1v) is 8.60. The van der Waals surface area contributed by atoms with E-state index in [2.05, 4.69) is 4.98 Å². The zero-order valence-corrected chi connectivity index (χ0v) is 16.3. The van der Waals surface area contributed by atoms with Crippen LogP contribution in [0.4, 0.5) is 5.69 Å². The lowest BCUT2D eigenvalue weighted by Gasteiger charge is -1.94. The highest BCUT2D eigenvalue weighted by atomic mass is 16.1. The summed E-state index contributed by atoms with van der Waals surface area (Å²) in [5.41, 5.74) is 9.98. The molecule has 0 saturated heterocycles. The van der Waals surface area contributed by atoms with E-state index in [1.807, 2.05) is 56.4 Å². The molecular weight excluding hydrogens is 348 g/mol. The summed E-state index contributed by atoms with van der Waals surface area (Å²) >= 11 is 0. The predicted molar refractivity (Wildman–Crippen MR) is 118 cm³/mol. The minimum Gasteiger partial charge on any atom is -0.399 e. The van der Waals surface area contributed by atoms with Crippen molar-refractivity contribution in [3.05, 3.63) is 95.3 Å². The second kappa shape index (κ2) is 13.0. The number of benzene rings is 2. The lowest BCUT2D eigenvalue weighted by Crippen LogP contribution is -1.91. The third-order valence-corrected chi connectivity index (χ3v) is 3.58. The number of hydrogen-bond acceptors (Lipinski definition) is 4. The molecule has 0 aliphatic heterocycles. The Labute approximate surface area is 168 Å². The van der Waals surface area contributed by atoms with Gasteiger partial charge in [-0.2, -0.15) is 0 Å². The van der Waals surface area contributed by atoms with Crippen LogP contribution in [0.25, 0.3) is 0 Å². The maximum absolute atomic E-state index is 10.8. The van der Waals surface area contributed by atoms with Crippen LogP contribution in [-0.2, 0) is 0 Å². The summed E-state index contributed by atoms with van der Waals surface area (Å²) in [4.78, 5) is 25.4. The van der Waals surface area contributed by atoms with Gasteiger partial charge in [-0.25, -0.2) is 0 Å². The van der Waals surface area contributed by atoms with Crippen LogP contribution < -0.4 is 5.73 Å². The van der Waals surface area contributed by atoms with E-state index in [0.29, 0.717) is 11.3 Å². The summed E-state index contributed by atoms with van der Waals surface area (Å²) in [5, 5.41) is 0. The number of Topliss-reactive ketones (excluding diaryl/α,β-unsaturated/α-hetero) is 2. The van der Waals surface area contributed by atoms with Gasteiger partial charge in [-0.05, 0) is 63.6 Å². The quantitative estimate of drug-likeness (QED) is 0.459. The normalized spacial score (nSPS) is 8.86. The van der Waals surface area contributed by atoms with Gasteiger partial charge in [0.05, 0.1) is 0 Å². The van der Waals surface area contributed by atoms with Crippen LogP contribution in [0.2, 0.25) is 0 Å². The number of hydrogen-bond donors (Lipinski definition) is 1. The third-order valence-electron chi connectivity index (χ3n) is 3.58. The van der Waals surface area contributed by atoms with E-state index >= 15 is 0 Å². The average Bonchev–Trinajstić information content (AvgIpc) is 2.64. The van der Waals surface area contributed by atoms with Crippen LogP contribution in [0.3, 0.4) is 0 Å². The number of rotatable bonds is 2. The number of ketones is 2. The molecule has 1 aromatic heterocycles. The van der Waals surface area contributed by atoms with Crippen molar-refractivity contribution in [2.75, 3.05) is 5.73 Å². The molecule has 0 fully saturated rings. The fourth-order valence-corrected chi connectivity index (χ4v) is 1.95. The molecule has 4 heteroatoms. The molecule has 1 heterocycles. The molecule has 0 aliphatic rings. The first-order chi connectivity index (χ1) is 12.8. The molecule has 0 atom stereocenters. The fourth-order valence-electron chi connectivity index (χ4n) is 1.95. The highest BCUT2D eigenvalue weighted by Crippen LogP contribution is 2.05. The Balaban J connectivity index is 0.000000390. The Morgan fingerprint density at radius 2 is 1.21 bits per heavy atom. The van der Waals surface area contributed by atoms with Gasteiger partial charge in [0.1, 0.15) is 0 Å². The molecule has 4 nitrogen and oxygen atoms in total. The summed E-state index contributed by atoms with van der Waals surface area (Å²) in [6.45, 7) is 7.13. The molecule has 3 aromatic rings. The Morgan fingerprint density at radius 3 is 1.54 bits per heavy atom. The number of carbonyl (C=O) groups excluding carboxylic acids is 2. The Bertz CT molecular complexity index is 785. The second-order valence-electron chi connectivity index (χ2n) is 6.13. The molecule has 0 aliphatic carbocycles. The fraction of sp³-hybridized carbons (Fsp3) is 0.208. The Hall–Kier alpha value is -3.27. The Morgan fingerprint density at radius 1 is 0.750 bits per heavy atom. The molecule has 28 heavy (non-hydrogen) atoms. The highest BCUT2D eigenvalue weighted by molar-refractivity contribution is 5.94. The minimum atomic E-state index is 0. The first kappa shape index (κ1) is 24.7. The molecular formula is C24H30N2O2. The van der Waals surface area contributed by atoms with Gasteiger partial charge >= 0.3 is 0 Å². The van der Waals surface area contributed by atoms with Gasteiger partial charge in [-0.3, -0.25) is 14.6 Å². The van der Waals surface area contributed by atoms with Crippen molar-refractivity contribution < 1.29 is 9.59 Å². The molecule has 0 spiro atoms. The zero-order valence-electron chi connectivity index (χ0n) is 16.3. The third kappa shape index (κ3) is 10.0. The number of pyridine rings is 1. The van der Waals surface area contributed by atoms with Gasteiger partial charge in [0.2, 0.25) is 0 Å². The summed E-state index contributed by atoms with van der Waals surface area (Å²) in [6, 6.07) is 18.4. The van der Waals surface area contributed by atoms with E-state index in [1.165, 1.54) is 18.1 Å². The molecule has 2 N–H and O–H groups in total. The number of anilines is 1. The van der Waals surface area contributed by atoms with Crippen molar-refractivity contribution in [1.82, 2.24) is 4.98 Å². The SMILES string of the molecule is C.CC(=O)c1ccc(C)cc1.CC(=O)c1ccc(N)cc1.Cc1cccnc1. The number of aryl methyl sites for hydroxylation is 2. The van der Waals surface area contributed by atoms with Crippen LogP contribution in [0, 0.1) is 13.8 Å². The lowest BCUT2D eigenvalue weighted by atomic mass is 10.1. The van der Waals surface area contributed by atoms with Gasteiger partial charge in [-0.15, -0.1) is 0 Å². The van der Waals surface area contributed by atoms with Crippen molar-refractivity contribution >= 4 is 17.3 Å². The number of aromatic nitrogens is 1. The van der Waals surface area contributed by atoms with Gasteiger partial charge in [0.25, 0.3) is 0 Å². The van der Waals surface area contributed by atoms with E-state index in [4.69, 9.17) is 5.73 Å². The van der Waals surface area contributed by atoms with Gasteiger partial charge in [-0.1, -0.05) is 43.3 Å². The highest BCUT2D eigenvalue weighted by Gasteiger charge is 1.96. The summed E-state index contributed by atoms with van der Waals surface area (Å²) in [5.74, 6) is 0.194. The molecule has 2 aromatic carbocycles. The average molecular weight is 379 g/mol. The summed E-state index contributed by atoms with van der Waals surface area (Å²) in [7, 11) is 0. The van der Waals surface area contributed by atoms with Gasteiger partial charge in [0, 0.05) is 29.2 Å². The van der Waals surface area contributed by atoms with Crippen molar-refractivity contribution in [2.24, 2.45) is 0 Å². The summed E-state index contributed by atoms with van der Waals surface area (Å²) < 4.78 is 0. The molecule has 0 radical (unpaired) electrons. The van der Waals surface area contributed by atoms with E-state index in [0.717, 1.165) is 5.56 Å². The van der Waals surface area contributed by atoms with Gasteiger partial charge < -0.3 is 5.73 Å². The molecule has 0 saturated carbocycles. The topological polar surface area (TPSA) is 73.0 Å². The van der Waals surface area contributed by atoms with Crippen LogP contribution in [0.15, 0.2) is 73.1 Å². The second-order valence-corrected chi connectivity index (χ2v) is 6.13. The van der Waals surface area contributed by atoms with E-state index in [1.54, 1.807) is 37.4 Å². The van der Waals surface area contributed by atoms with Crippen molar-refractivity contribution in [3.63, 3.8) is 0 Å². The molecule has 0 amide bonds. The van der Waals surface area contributed by atoms with Crippen molar-refractivity contribution in [3.8, 4) is 0 Å². The monoisotopic (exact) mass is 378 g/mol. The van der Waals surface area contributed by atoms with Gasteiger partial charge in [0.15, 0.2) is 11.6 Å². The van der Waals surface area contributed by atoms with Crippen molar-refractivity contribution in [2.45, 2.75) is 35.1 Å². The lowest BCUT2D eigenvalue weighted by molar-refractivity contribution is 0.100. The molecule has 0 bridgehead atoms. The first-order valence-electron chi connectivity index (χ1n) is 8.60. The largest absolute Gasteiger partial charge is 0.399 e. The predicted octanol–water partition coefficient (Wildman–Crippen LogP) is 5.70. The van der Waals surface area contributed by atoms with Crippen LogP contribution in [-0.4, -0.2) is 16.6 Å². The maximum Gasteiger partial charge on any atom is 0.159 e. The smallest absolute Gasteiger partial charge is 0.159 e. The van der Waals surface area contributed by atoms with E-state index in [-0.39, 0.29) is 19.0 Å². The molecule has 0 unspecified atom stereocenters. The standard InChI is InChI=1S/C9H10O.C8H9NO.C6H7N.CH4/c1-7-3-5-9(6-4-7)8(2)10;1-6(10)7-2-4-8(9)5-3-7;1-6-3-2-4-7-5-6;/h3-6H,1-2H3;2-5H,9H2,1H3;2-5H,1H3;1H4. The van der Waals surface area contributed by atoms with Crippen LogP contribution >= 0.6 is 0 Å². The number of nitrogen functional groups attached to an aromatic ring is 1. The maximum atomic E-state index is 10.8. The number of carbonyl (C=O) groups is 2. The van der Waals surface area contributed by atoms with Crippen LogP contribution in [0.5, 0.6) is 0 Å². The number of nitrogens with two attached hydrogens (primary N) is 1. The van der Waals surface area contributed by atoms with E-state index in [9.17, 15) is 9.59 Å². The minimum absolute atomic E-state index is 0. The van der Waals surface area contributed by atoms with E-state index < -0.39 is 0 Å². The number of nitrogens with zero attached hydrogens (tertiary/aromatic N) is 1.